The summed E-state index contributed by atoms with van der Waals surface area (Å²) in [6.07, 6.45) is 0.782. The molecule has 10 heteroatoms. The molecule has 30 heavy (non-hydrogen) atoms. The maximum absolute atomic E-state index is 13.5. The standard InChI is InChI=1S/C20H18F2N6O2/c1-13-17(11-27(26-13)10-15-5-3-2-4-14(15)7-23)19(30)25-9-18(29)28-12-20(21,22)6-16(28)8-24/h2-5,11,16H,6,9-10,12H2,1H3,(H,25,30)/t16-/m0/s1. The first-order valence-corrected chi connectivity index (χ1v) is 9.11. The van der Waals surface area contributed by atoms with Crippen LogP contribution in [0.1, 0.15) is 33.6 Å². The van der Waals surface area contributed by atoms with E-state index in [0.717, 1.165) is 10.5 Å². The molecule has 2 amide bonds. The normalized spacial score (nSPS) is 17.2. The third-order valence-corrected chi connectivity index (χ3v) is 4.80. The Morgan fingerprint density at radius 1 is 1.33 bits per heavy atom. The van der Waals surface area contributed by atoms with Gasteiger partial charge in [-0.15, -0.1) is 0 Å². The van der Waals surface area contributed by atoms with Gasteiger partial charge in [-0.1, -0.05) is 18.2 Å². The molecule has 1 saturated heterocycles. The summed E-state index contributed by atoms with van der Waals surface area (Å²) in [6.45, 7) is 0.559. The monoisotopic (exact) mass is 412 g/mol. The van der Waals surface area contributed by atoms with Gasteiger partial charge in [0.25, 0.3) is 11.8 Å². The van der Waals surface area contributed by atoms with Gasteiger partial charge in [0, 0.05) is 12.6 Å². The van der Waals surface area contributed by atoms with E-state index < -0.39 is 43.3 Å². The first-order valence-electron chi connectivity index (χ1n) is 9.11. The molecule has 0 radical (unpaired) electrons. The van der Waals surface area contributed by atoms with Gasteiger partial charge in [-0.2, -0.15) is 15.6 Å². The van der Waals surface area contributed by atoms with Crippen molar-refractivity contribution >= 4 is 11.8 Å². The Kier molecular flexibility index (Phi) is 5.79. The molecule has 0 bridgehead atoms. The zero-order valence-electron chi connectivity index (χ0n) is 16.1. The van der Waals surface area contributed by atoms with Gasteiger partial charge in [0.15, 0.2) is 0 Å². The lowest BCUT2D eigenvalue weighted by Gasteiger charge is -2.19. The minimum Gasteiger partial charge on any atom is -0.343 e. The van der Waals surface area contributed by atoms with Crippen LogP contribution in [0.25, 0.3) is 0 Å². The van der Waals surface area contributed by atoms with Crippen molar-refractivity contribution in [3.63, 3.8) is 0 Å². The Morgan fingerprint density at radius 2 is 2.07 bits per heavy atom. The third-order valence-electron chi connectivity index (χ3n) is 4.80. The van der Waals surface area contributed by atoms with E-state index in [0.29, 0.717) is 11.3 Å². The number of hydrogen-bond donors (Lipinski definition) is 1. The van der Waals surface area contributed by atoms with Crippen LogP contribution in [-0.4, -0.2) is 51.5 Å². The second-order valence-corrected chi connectivity index (χ2v) is 7.00. The summed E-state index contributed by atoms with van der Waals surface area (Å²) in [5.74, 6) is -4.45. The highest BCUT2D eigenvalue weighted by Crippen LogP contribution is 2.31. The average Bonchev–Trinajstić information content (AvgIpc) is 3.24. The van der Waals surface area contributed by atoms with Gasteiger partial charge in [0.1, 0.15) is 6.04 Å². The first-order chi connectivity index (χ1) is 14.2. The van der Waals surface area contributed by atoms with Crippen molar-refractivity contribution in [3.8, 4) is 12.1 Å². The molecule has 154 valence electrons. The van der Waals surface area contributed by atoms with Crippen LogP contribution in [0.5, 0.6) is 0 Å². The summed E-state index contributed by atoms with van der Waals surface area (Å²) < 4.78 is 28.5. The SMILES string of the molecule is Cc1nn(Cc2ccccc2C#N)cc1C(=O)NCC(=O)N1CC(F)(F)C[C@H]1C#N. The second-order valence-electron chi connectivity index (χ2n) is 7.00. The van der Waals surface area contributed by atoms with Crippen molar-refractivity contribution in [2.24, 2.45) is 0 Å². The molecule has 2 aromatic rings. The fourth-order valence-corrected chi connectivity index (χ4v) is 3.31. The van der Waals surface area contributed by atoms with Gasteiger partial charge < -0.3 is 10.2 Å². The van der Waals surface area contributed by atoms with E-state index in [1.54, 1.807) is 37.3 Å². The van der Waals surface area contributed by atoms with E-state index in [2.05, 4.69) is 16.5 Å². The molecule has 3 rings (SSSR count). The Hall–Kier alpha value is -3.79. The fraction of sp³-hybridized carbons (Fsp3) is 0.350. The lowest BCUT2D eigenvalue weighted by atomic mass is 10.1. The van der Waals surface area contributed by atoms with Gasteiger partial charge >= 0.3 is 0 Å². The number of nitrogens with one attached hydrogen (secondary N) is 1. The van der Waals surface area contributed by atoms with E-state index in [1.165, 1.54) is 10.9 Å². The van der Waals surface area contributed by atoms with Crippen LogP contribution in [0.15, 0.2) is 30.5 Å². The average molecular weight is 412 g/mol. The predicted octanol–water partition coefficient (Wildman–Crippen LogP) is 1.60. The maximum Gasteiger partial charge on any atom is 0.268 e. The molecule has 8 nitrogen and oxygen atoms in total. The van der Waals surface area contributed by atoms with Crippen LogP contribution in [0.2, 0.25) is 0 Å². The predicted molar refractivity (Wildman–Crippen MR) is 100 cm³/mol. The lowest BCUT2D eigenvalue weighted by molar-refractivity contribution is -0.131. The molecular weight excluding hydrogens is 394 g/mol. The van der Waals surface area contributed by atoms with Crippen molar-refractivity contribution in [2.75, 3.05) is 13.1 Å². The minimum absolute atomic E-state index is 0.223. The second kappa shape index (κ2) is 8.29. The van der Waals surface area contributed by atoms with Crippen LogP contribution in [0.3, 0.4) is 0 Å². The molecule has 0 unspecified atom stereocenters. The van der Waals surface area contributed by atoms with Crippen molar-refractivity contribution < 1.29 is 18.4 Å². The van der Waals surface area contributed by atoms with E-state index in [9.17, 15) is 23.6 Å². The minimum atomic E-state index is -3.11. The lowest BCUT2D eigenvalue weighted by Crippen LogP contribution is -2.43. The van der Waals surface area contributed by atoms with Gasteiger partial charge in [-0.3, -0.25) is 14.3 Å². The molecular formula is C20H18F2N6O2. The van der Waals surface area contributed by atoms with Crippen LogP contribution < -0.4 is 5.32 Å². The third kappa shape index (κ3) is 4.44. The Morgan fingerprint density at radius 3 is 2.77 bits per heavy atom. The van der Waals surface area contributed by atoms with Crippen LogP contribution in [0.4, 0.5) is 8.78 Å². The summed E-state index contributed by atoms with van der Waals surface area (Å²) in [7, 11) is 0. The van der Waals surface area contributed by atoms with Crippen molar-refractivity contribution in [2.45, 2.75) is 31.9 Å². The van der Waals surface area contributed by atoms with Gasteiger partial charge in [-0.05, 0) is 18.6 Å². The van der Waals surface area contributed by atoms with E-state index in [4.69, 9.17) is 5.26 Å². The summed E-state index contributed by atoms with van der Waals surface area (Å²) in [6, 6.07) is 9.58. The molecule has 1 atom stereocenters. The van der Waals surface area contributed by atoms with Crippen molar-refractivity contribution in [1.29, 1.82) is 10.5 Å². The number of carbonyl (C=O) groups excluding carboxylic acids is 2. The highest BCUT2D eigenvalue weighted by atomic mass is 19.3. The fourth-order valence-electron chi connectivity index (χ4n) is 3.31. The summed E-state index contributed by atoms with van der Waals surface area (Å²) in [5, 5.41) is 24.8. The molecule has 1 aliphatic heterocycles. The largest absolute Gasteiger partial charge is 0.343 e. The van der Waals surface area contributed by atoms with E-state index in [1.807, 2.05) is 0 Å². The molecule has 0 aliphatic carbocycles. The molecule has 1 N–H and O–H groups in total. The van der Waals surface area contributed by atoms with Crippen LogP contribution in [0, 0.1) is 29.6 Å². The number of benzene rings is 1. The number of alkyl halides is 2. The number of amides is 2. The van der Waals surface area contributed by atoms with E-state index >= 15 is 0 Å². The molecule has 1 aliphatic rings. The number of rotatable bonds is 5. The van der Waals surface area contributed by atoms with Gasteiger partial charge in [0.05, 0.1) is 48.6 Å². The van der Waals surface area contributed by atoms with Crippen LogP contribution >= 0.6 is 0 Å². The van der Waals surface area contributed by atoms with Gasteiger partial charge in [0.2, 0.25) is 5.91 Å². The summed E-state index contributed by atoms with van der Waals surface area (Å²) in [5.41, 5.74) is 1.87. The Bertz CT molecular complexity index is 1070. The number of nitriles is 2. The van der Waals surface area contributed by atoms with E-state index in [-0.39, 0.29) is 12.1 Å². The maximum atomic E-state index is 13.5. The van der Waals surface area contributed by atoms with Crippen LogP contribution in [-0.2, 0) is 11.3 Å². The zero-order valence-corrected chi connectivity index (χ0v) is 16.1. The zero-order chi connectivity index (χ0) is 21.9. The molecule has 2 heterocycles. The molecule has 1 fully saturated rings. The molecule has 1 aromatic carbocycles. The number of aromatic nitrogens is 2. The summed E-state index contributed by atoms with van der Waals surface area (Å²) in [4.78, 5) is 25.5. The Labute approximate surface area is 171 Å². The number of halogens is 2. The number of aryl methyl sites for hydroxylation is 1. The highest BCUT2D eigenvalue weighted by Gasteiger charge is 2.47. The quantitative estimate of drug-likeness (QED) is 0.801. The molecule has 0 saturated carbocycles. The molecule has 0 spiro atoms. The number of nitrogens with zero attached hydrogens (tertiary/aromatic N) is 5. The van der Waals surface area contributed by atoms with Crippen molar-refractivity contribution in [1.82, 2.24) is 20.0 Å². The summed E-state index contributed by atoms with van der Waals surface area (Å²) >= 11 is 0. The smallest absolute Gasteiger partial charge is 0.268 e. The number of likely N-dealkylation sites (tertiary alicyclic amines) is 1. The van der Waals surface area contributed by atoms with Crippen molar-refractivity contribution in [3.05, 3.63) is 52.8 Å². The molecule has 1 aromatic heterocycles. The topological polar surface area (TPSA) is 115 Å². The highest BCUT2D eigenvalue weighted by molar-refractivity contribution is 5.97. The Balaban J connectivity index is 1.65. The number of hydrogen-bond acceptors (Lipinski definition) is 5. The van der Waals surface area contributed by atoms with Gasteiger partial charge in [-0.25, -0.2) is 8.78 Å². The number of carbonyl (C=O) groups is 2. The first kappa shape index (κ1) is 20.9.